The normalized spacial score (nSPS) is 16.4. The molecule has 2 aromatic carbocycles. The van der Waals surface area contributed by atoms with Crippen molar-refractivity contribution in [1.82, 2.24) is 0 Å². The van der Waals surface area contributed by atoms with Crippen molar-refractivity contribution >= 4 is 22.8 Å². The maximum Gasteiger partial charge on any atom is 0.309 e. The summed E-state index contributed by atoms with van der Waals surface area (Å²) in [5.74, 6) is -0.0965. The zero-order chi connectivity index (χ0) is 14.8. The van der Waals surface area contributed by atoms with Crippen LogP contribution in [-0.4, -0.2) is 5.97 Å². The molecule has 0 aliphatic heterocycles. The minimum atomic E-state index is -0.267. The van der Waals surface area contributed by atoms with Crippen LogP contribution in [0.5, 0.6) is 0 Å². The molecule has 1 aliphatic rings. The molecule has 108 valence electrons. The smallest absolute Gasteiger partial charge is 0.309 e. The summed E-state index contributed by atoms with van der Waals surface area (Å²) in [5.41, 5.74) is 2.28. The van der Waals surface area contributed by atoms with Gasteiger partial charge in [-0.05, 0) is 35.3 Å². The Morgan fingerprint density at radius 3 is 2.57 bits per heavy atom. The maximum absolute atomic E-state index is 12.2. The van der Waals surface area contributed by atoms with Gasteiger partial charge in [0.05, 0.1) is 5.92 Å². The number of benzene rings is 2. The lowest BCUT2D eigenvalue weighted by molar-refractivity contribution is -0.152. The molecule has 3 rings (SSSR count). The van der Waals surface area contributed by atoms with Crippen molar-refractivity contribution < 1.29 is 9.53 Å². The predicted octanol–water partition coefficient (Wildman–Crippen LogP) is 4.89. The van der Waals surface area contributed by atoms with Crippen molar-refractivity contribution in [3.63, 3.8) is 0 Å². The van der Waals surface area contributed by atoms with E-state index in [-0.39, 0.29) is 18.0 Å². The fraction of sp³-hybridized carbons (Fsp3) is 0.316. The summed E-state index contributed by atoms with van der Waals surface area (Å²) < 4.78 is 5.76. The van der Waals surface area contributed by atoms with Gasteiger partial charge in [0.2, 0.25) is 0 Å². The number of carbonyl (C=O) groups excluding carboxylic acids is 1. The first kappa shape index (κ1) is 13.9. The Bertz CT molecular complexity index is 691. The highest BCUT2D eigenvalue weighted by atomic mass is 16.5. The molecule has 0 amide bonds. The standard InChI is InChI=1S/C19H20O2/c1-3-13(4-2)19(20)21-17-12-11-15-8-5-7-14-9-6-10-16(17)18(14)15/h5-13,17H,3-4H2,1-2H3. The number of hydrogen-bond acceptors (Lipinski definition) is 2. The maximum atomic E-state index is 12.2. The lowest BCUT2D eigenvalue weighted by atomic mass is 9.91. The van der Waals surface area contributed by atoms with Gasteiger partial charge in [-0.1, -0.05) is 56.3 Å². The quantitative estimate of drug-likeness (QED) is 0.745. The third-order valence-electron chi connectivity index (χ3n) is 4.29. The molecule has 1 aliphatic carbocycles. The highest BCUT2D eigenvalue weighted by Crippen LogP contribution is 2.35. The minimum absolute atomic E-state index is 0.00484. The molecular weight excluding hydrogens is 260 g/mol. The molecule has 2 aromatic rings. The van der Waals surface area contributed by atoms with Crippen molar-refractivity contribution in [3.8, 4) is 0 Å². The number of hydrogen-bond donors (Lipinski definition) is 0. The Kier molecular flexibility index (Phi) is 3.78. The van der Waals surface area contributed by atoms with E-state index in [1.54, 1.807) is 0 Å². The van der Waals surface area contributed by atoms with Gasteiger partial charge in [0, 0.05) is 5.56 Å². The first-order chi connectivity index (χ1) is 10.2. The van der Waals surface area contributed by atoms with Gasteiger partial charge in [0.15, 0.2) is 0 Å². The van der Waals surface area contributed by atoms with E-state index < -0.39 is 0 Å². The van der Waals surface area contributed by atoms with Gasteiger partial charge in [0.1, 0.15) is 6.10 Å². The van der Waals surface area contributed by atoms with Crippen LogP contribution < -0.4 is 0 Å². The van der Waals surface area contributed by atoms with E-state index in [0.29, 0.717) is 0 Å². The number of rotatable bonds is 4. The van der Waals surface area contributed by atoms with Crippen LogP contribution in [0.1, 0.15) is 43.9 Å². The Labute approximate surface area is 125 Å². The molecule has 0 aromatic heterocycles. The highest BCUT2D eigenvalue weighted by molar-refractivity contribution is 5.95. The van der Waals surface area contributed by atoms with Gasteiger partial charge in [-0.25, -0.2) is 0 Å². The Balaban J connectivity index is 1.96. The number of carbonyl (C=O) groups is 1. The monoisotopic (exact) mass is 280 g/mol. The SMILES string of the molecule is CCC(CC)C(=O)OC1C=Cc2cccc3cccc1c23. The largest absolute Gasteiger partial charge is 0.453 e. The van der Waals surface area contributed by atoms with Gasteiger partial charge in [-0.3, -0.25) is 4.79 Å². The van der Waals surface area contributed by atoms with Gasteiger partial charge in [-0.15, -0.1) is 0 Å². The molecule has 0 radical (unpaired) electrons. The summed E-state index contributed by atoms with van der Waals surface area (Å²) >= 11 is 0. The zero-order valence-electron chi connectivity index (χ0n) is 12.5. The van der Waals surface area contributed by atoms with E-state index in [1.165, 1.54) is 16.3 Å². The van der Waals surface area contributed by atoms with Crippen molar-refractivity contribution in [2.45, 2.75) is 32.8 Å². The second-order valence-electron chi connectivity index (χ2n) is 5.52. The van der Waals surface area contributed by atoms with E-state index in [1.807, 2.05) is 26.0 Å². The molecule has 0 heterocycles. The molecule has 2 nitrogen and oxygen atoms in total. The lowest BCUT2D eigenvalue weighted by Crippen LogP contribution is -2.19. The number of ether oxygens (including phenoxy) is 1. The Morgan fingerprint density at radius 2 is 1.86 bits per heavy atom. The summed E-state index contributed by atoms with van der Waals surface area (Å²) in [4.78, 5) is 12.2. The molecule has 0 N–H and O–H groups in total. The van der Waals surface area contributed by atoms with Crippen LogP contribution in [0.2, 0.25) is 0 Å². The Morgan fingerprint density at radius 1 is 1.14 bits per heavy atom. The lowest BCUT2D eigenvalue weighted by Gasteiger charge is -2.23. The topological polar surface area (TPSA) is 26.3 Å². The van der Waals surface area contributed by atoms with Crippen molar-refractivity contribution in [2.75, 3.05) is 0 Å². The average molecular weight is 280 g/mol. The van der Waals surface area contributed by atoms with Crippen LogP contribution in [0, 0.1) is 5.92 Å². The third-order valence-corrected chi connectivity index (χ3v) is 4.29. The van der Waals surface area contributed by atoms with Crippen LogP contribution in [0.4, 0.5) is 0 Å². The molecule has 2 heteroatoms. The summed E-state index contributed by atoms with van der Waals surface area (Å²) in [5, 5.41) is 2.39. The second-order valence-corrected chi connectivity index (χ2v) is 5.52. The molecule has 0 saturated carbocycles. The zero-order valence-corrected chi connectivity index (χ0v) is 12.5. The first-order valence-corrected chi connectivity index (χ1v) is 7.65. The van der Waals surface area contributed by atoms with Gasteiger partial charge >= 0.3 is 5.97 Å². The van der Waals surface area contributed by atoms with Crippen LogP contribution in [0.25, 0.3) is 16.8 Å². The molecule has 21 heavy (non-hydrogen) atoms. The summed E-state index contributed by atoms with van der Waals surface area (Å²) in [6, 6.07) is 12.4. The fourth-order valence-electron chi connectivity index (χ4n) is 3.02. The van der Waals surface area contributed by atoms with E-state index in [2.05, 4.69) is 36.4 Å². The highest BCUT2D eigenvalue weighted by Gasteiger charge is 2.24. The minimum Gasteiger partial charge on any atom is -0.453 e. The van der Waals surface area contributed by atoms with Crippen molar-refractivity contribution in [2.24, 2.45) is 5.92 Å². The van der Waals surface area contributed by atoms with Crippen LogP contribution in [0.15, 0.2) is 42.5 Å². The van der Waals surface area contributed by atoms with Crippen LogP contribution in [0.3, 0.4) is 0 Å². The third kappa shape index (κ3) is 2.46. The number of esters is 1. The van der Waals surface area contributed by atoms with E-state index in [0.717, 1.165) is 18.4 Å². The second kappa shape index (κ2) is 5.72. The van der Waals surface area contributed by atoms with E-state index in [4.69, 9.17) is 4.74 Å². The van der Waals surface area contributed by atoms with Crippen LogP contribution in [-0.2, 0) is 9.53 Å². The summed E-state index contributed by atoms with van der Waals surface area (Å²) in [6.07, 6.45) is 5.42. The predicted molar refractivity (Wildman–Crippen MR) is 85.9 cm³/mol. The van der Waals surface area contributed by atoms with Crippen LogP contribution >= 0.6 is 0 Å². The van der Waals surface area contributed by atoms with Crippen molar-refractivity contribution in [3.05, 3.63) is 53.6 Å². The van der Waals surface area contributed by atoms with Crippen molar-refractivity contribution in [1.29, 1.82) is 0 Å². The summed E-state index contributed by atoms with van der Waals surface area (Å²) in [7, 11) is 0. The molecule has 1 unspecified atom stereocenters. The molecule has 0 bridgehead atoms. The molecule has 0 spiro atoms. The molecule has 0 fully saturated rings. The molecule has 1 atom stereocenters. The average Bonchev–Trinajstić information content (AvgIpc) is 2.51. The van der Waals surface area contributed by atoms with E-state index in [9.17, 15) is 4.79 Å². The fourth-order valence-corrected chi connectivity index (χ4v) is 3.02. The van der Waals surface area contributed by atoms with Gasteiger partial charge < -0.3 is 4.74 Å². The summed E-state index contributed by atoms with van der Waals surface area (Å²) in [6.45, 7) is 4.06. The van der Waals surface area contributed by atoms with Gasteiger partial charge in [0.25, 0.3) is 0 Å². The Hall–Kier alpha value is -2.09. The van der Waals surface area contributed by atoms with E-state index >= 15 is 0 Å². The van der Waals surface area contributed by atoms with Gasteiger partial charge in [-0.2, -0.15) is 0 Å². The molecule has 0 saturated heterocycles. The first-order valence-electron chi connectivity index (χ1n) is 7.65. The molecular formula is C19H20O2.